The Balaban J connectivity index is 2.45. The molecule has 0 amide bonds. The molecule has 1 aromatic heterocycles. The van der Waals surface area contributed by atoms with E-state index in [2.05, 4.69) is 25.0 Å². The molecule has 1 heterocycles. The van der Waals surface area contributed by atoms with Gasteiger partial charge in [-0.1, -0.05) is 6.07 Å². The molecule has 0 aliphatic carbocycles. The average Bonchev–Trinajstić information content (AvgIpc) is 2.68. The van der Waals surface area contributed by atoms with Gasteiger partial charge in [0.2, 0.25) is 0 Å². The number of benzene rings is 1. The molecule has 0 saturated heterocycles. The van der Waals surface area contributed by atoms with Gasteiger partial charge in [-0.05, 0) is 59.0 Å². The molecule has 1 aromatic carbocycles. The molecule has 0 spiro atoms. The maximum absolute atomic E-state index is 12.4. The minimum Gasteiger partial charge on any atom is -0.478 e. The Kier molecular flexibility index (Phi) is 4.35. The lowest BCUT2D eigenvalue weighted by atomic mass is 10.2. The molecule has 0 atom stereocenters. The lowest BCUT2D eigenvalue weighted by molar-refractivity contribution is 0.0697. The van der Waals surface area contributed by atoms with Crippen LogP contribution in [0.15, 0.2) is 27.6 Å². The molecule has 2 aromatic rings. The predicted octanol–water partition coefficient (Wildman–Crippen LogP) is 3.02. The second-order valence-electron chi connectivity index (χ2n) is 4.32. The van der Waals surface area contributed by atoms with E-state index in [1.54, 1.807) is 12.1 Å². The van der Waals surface area contributed by atoms with E-state index in [4.69, 9.17) is 5.11 Å². The molecule has 9 heteroatoms. The first-order chi connectivity index (χ1) is 9.72. The van der Waals surface area contributed by atoms with E-state index < -0.39 is 16.0 Å². The summed E-state index contributed by atoms with van der Waals surface area (Å²) in [7, 11) is -3.89. The first-order valence-corrected chi connectivity index (χ1v) is 8.76. The van der Waals surface area contributed by atoms with Crippen LogP contribution in [0, 0.1) is 13.8 Å². The van der Waals surface area contributed by atoms with Crippen LogP contribution in [0.25, 0.3) is 0 Å². The summed E-state index contributed by atoms with van der Waals surface area (Å²) in [5, 5.41) is 9.11. The van der Waals surface area contributed by atoms with Crippen molar-refractivity contribution in [2.24, 2.45) is 0 Å². The van der Waals surface area contributed by atoms with Crippen LogP contribution in [-0.4, -0.2) is 23.9 Å². The van der Waals surface area contributed by atoms with Crippen LogP contribution >= 0.6 is 27.5 Å². The standard InChI is InChI=1S/C12H11BrN2O4S2/c1-6-3-4-9(8(13)5-6)21(18,19)15-11-10(12(16)17)7(2)14-20-11/h3-5,15H,1-2H3,(H,16,17). The number of carboxylic acids is 1. The Morgan fingerprint density at radius 1 is 1.38 bits per heavy atom. The normalized spacial score (nSPS) is 11.4. The van der Waals surface area contributed by atoms with Crippen LogP contribution in [0.4, 0.5) is 5.00 Å². The first kappa shape index (κ1) is 15.9. The van der Waals surface area contributed by atoms with Gasteiger partial charge in [0, 0.05) is 4.47 Å². The molecule has 0 bridgehead atoms. The fourth-order valence-electron chi connectivity index (χ4n) is 1.69. The SMILES string of the molecule is Cc1ccc(S(=O)(=O)Nc2snc(C)c2C(=O)O)c(Br)c1. The number of aryl methyl sites for hydroxylation is 2. The highest BCUT2D eigenvalue weighted by Crippen LogP contribution is 2.30. The molecule has 0 unspecified atom stereocenters. The third-order valence-electron chi connectivity index (χ3n) is 2.68. The maximum atomic E-state index is 12.4. The Morgan fingerprint density at radius 2 is 2.05 bits per heavy atom. The number of carbonyl (C=O) groups is 1. The number of hydrogen-bond donors (Lipinski definition) is 2. The van der Waals surface area contributed by atoms with Crippen molar-refractivity contribution in [3.63, 3.8) is 0 Å². The molecule has 0 aliphatic heterocycles. The highest BCUT2D eigenvalue weighted by atomic mass is 79.9. The van der Waals surface area contributed by atoms with Crippen molar-refractivity contribution in [3.05, 3.63) is 39.5 Å². The number of carboxylic acid groups (broad SMARTS) is 1. The van der Waals surface area contributed by atoms with Gasteiger partial charge in [0.15, 0.2) is 0 Å². The summed E-state index contributed by atoms with van der Waals surface area (Å²) in [6, 6.07) is 4.79. The van der Waals surface area contributed by atoms with E-state index in [1.807, 2.05) is 6.92 Å². The van der Waals surface area contributed by atoms with E-state index in [0.717, 1.165) is 17.1 Å². The van der Waals surface area contributed by atoms with E-state index in [9.17, 15) is 13.2 Å². The average molecular weight is 391 g/mol. The van der Waals surface area contributed by atoms with Crippen molar-refractivity contribution in [2.45, 2.75) is 18.7 Å². The van der Waals surface area contributed by atoms with Gasteiger partial charge < -0.3 is 5.11 Å². The quantitative estimate of drug-likeness (QED) is 0.835. The van der Waals surface area contributed by atoms with Crippen LogP contribution in [0.2, 0.25) is 0 Å². The van der Waals surface area contributed by atoms with Crippen LogP contribution in [-0.2, 0) is 10.0 Å². The summed E-state index contributed by atoms with van der Waals surface area (Å²) in [5.74, 6) is -1.22. The lowest BCUT2D eigenvalue weighted by Gasteiger charge is -2.09. The van der Waals surface area contributed by atoms with Gasteiger partial charge in [-0.2, -0.15) is 4.37 Å². The predicted molar refractivity (Wildman–Crippen MR) is 83.5 cm³/mol. The molecule has 0 saturated carbocycles. The number of halogens is 1. The van der Waals surface area contributed by atoms with Gasteiger partial charge >= 0.3 is 5.97 Å². The van der Waals surface area contributed by atoms with Crippen molar-refractivity contribution < 1.29 is 18.3 Å². The molecule has 0 fully saturated rings. The van der Waals surface area contributed by atoms with Crippen LogP contribution in [0.1, 0.15) is 21.6 Å². The second kappa shape index (κ2) is 5.74. The molecule has 2 rings (SSSR count). The topological polar surface area (TPSA) is 96.4 Å². The highest BCUT2D eigenvalue weighted by Gasteiger charge is 2.24. The third kappa shape index (κ3) is 3.25. The van der Waals surface area contributed by atoms with Crippen molar-refractivity contribution >= 4 is 48.5 Å². The number of nitrogens with one attached hydrogen (secondary N) is 1. The van der Waals surface area contributed by atoms with Crippen LogP contribution in [0.3, 0.4) is 0 Å². The first-order valence-electron chi connectivity index (χ1n) is 5.71. The molecule has 0 radical (unpaired) electrons. The molecule has 21 heavy (non-hydrogen) atoms. The Morgan fingerprint density at radius 3 is 2.62 bits per heavy atom. The zero-order valence-corrected chi connectivity index (χ0v) is 14.3. The summed E-state index contributed by atoms with van der Waals surface area (Å²) in [6.45, 7) is 3.35. The van der Waals surface area contributed by atoms with Gasteiger partial charge in [-0.3, -0.25) is 4.72 Å². The number of nitrogens with zero attached hydrogens (tertiary/aromatic N) is 1. The minimum atomic E-state index is -3.89. The van der Waals surface area contributed by atoms with Crippen molar-refractivity contribution in [1.29, 1.82) is 0 Å². The lowest BCUT2D eigenvalue weighted by Crippen LogP contribution is -2.15. The second-order valence-corrected chi connectivity index (χ2v) is 7.60. The smallest absolute Gasteiger partial charge is 0.340 e. The van der Waals surface area contributed by atoms with Gasteiger partial charge in [0.1, 0.15) is 15.5 Å². The van der Waals surface area contributed by atoms with Crippen molar-refractivity contribution in [2.75, 3.05) is 4.72 Å². The number of aromatic carboxylic acids is 1. The van der Waals surface area contributed by atoms with E-state index >= 15 is 0 Å². The number of hydrogen-bond acceptors (Lipinski definition) is 5. The molecule has 112 valence electrons. The van der Waals surface area contributed by atoms with Gasteiger partial charge in [0.05, 0.1) is 5.69 Å². The monoisotopic (exact) mass is 390 g/mol. The zero-order chi connectivity index (χ0) is 15.8. The molecular weight excluding hydrogens is 380 g/mol. The summed E-state index contributed by atoms with van der Waals surface area (Å²) in [4.78, 5) is 11.2. The molecule has 0 aliphatic rings. The largest absolute Gasteiger partial charge is 0.478 e. The minimum absolute atomic E-state index is 0.00697. The Bertz CT molecular complexity index is 815. The Labute approximate surface area is 134 Å². The van der Waals surface area contributed by atoms with Gasteiger partial charge in [-0.25, -0.2) is 13.2 Å². The Hall–Kier alpha value is -1.45. The van der Waals surface area contributed by atoms with Gasteiger partial charge in [-0.15, -0.1) is 0 Å². The number of rotatable bonds is 4. The van der Waals surface area contributed by atoms with Crippen molar-refractivity contribution in [1.82, 2.24) is 4.37 Å². The van der Waals surface area contributed by atoms with Crippen LogP contribution in [0.5, 0.6) is 0 Å². The summed E-state index contributed by atoms with van der Waals surface area (Å²) in [5.41, 5.74) is 1.04. The molecule has 6 nitrogen and oxygen atoms in total. The van der Waals surface area contributed by atoms with Gasteiger partial charge in [0.25, 0.3) is 10.0 Å². The summed E-state index contributed by atoms with van der Waals surface area (Å²) >= 11 is 4.00. The zero-order valence-electron chi connectivity index (χ0n) is 11.0. The van der Waals surface area contributed by atoms with Crippen molar-refractivity contribution in [3.8, 4) is 0 Å². The third-order valence-corrected chi connectivity index (χ3v) is 5.99. The fraction of sp³-hybridized carbons (Fsp3) is 0.167. The summed E-state index contributed by atoms with van der Waals surface area (Å²) < 4.78 is 31.3. The fourth-order valence-corrected chi connectivity index (χ4v) is 4.97. The van der Waals surface area contributed by atoms with E-state index in [1.165, 1.54) is 13.0 Å². The molecular formula is C12H11BrN2O4S2. The highest BCUT2D eigenvalue weighted by molar-refractivity contribution is 9.10. The maximum Gasteiger partial charge on any atom is 0.340 e. The number of aromatic nitrogens is 1. The number of sulfonamides is 1. The number of anilines is 1. The van der Waals surface area contributed by atoms with Crippen LogP contribution < -0.4 is 4.72 Å². The van der Waals surface area contributed by atoms with E-state index in [-0.39, 0.29) is 21.2 Å². The van der Waals surface area contributed by atoms with E-state index in [0.29, 0.717) is 4.47 Å². The molecule has 2 N–H and O–H groups in total. The summed E-state index contributed by atoms with van der Waals surface area (Å²) in [6.07, 6.45) is 0.